The number of anilines is 2. The third kappa shape index (κ3) is 3.90. The minimum absolute atomic E-state index is 0.510. The van der Waals surface area contributed by atoms with Gasteiger partial charge in [-0.15, -0.1) is 0 Å². The molecule has 2 aromatic heterocycles. The summed E-state index contributed by atoms with van der Waals surface area (Å²) in [6.45, 7) is 7.78. The van der Waals surface area contributed by atoms with Gasteiger partial charge in [0.25, 0.3) is 0 Å². The highest BCUT2D eigenvalue weighted by molar-refractivity contribution is 6.33. The van der Waals surface area contributed by atoms with Gasteiger partial charge in [0.15, 0.2) is 0 Å². The molecule has 0 spiro atoms. The van der Waals surface area contributed by atoms with E-state index < -0.39 is 0 Å². The topological polar surface area (TPSA) is 77.8 Å². The maximum Gasteiger partial charge on any atom is 0.0900 e. The number of nitrogens with two attached hydrogens (primary N) is 2. The number of pyridine rings is 2. The lowest BCUT2D eigenvalue weighted by Gasteiger charge is -2.10. The Kier molecular flexibility index (Phi) is 5.40. The Morgan fingerprint density at radius 3 is 2.48 bits per heavy atom. The fourth-order valence-corrected chi connectivity index (χ4v) is 2.52. The number of aromatic nitrogens is 2. The van der Waals surface area contributed by atoms with Crippen molar-refractivity contribution in [2.24, 2.45) is 0 Å². The van der Waals surface area contributed by atoms with Crippen LogP contribution in [0.4, 0.5) is 11.4 Å². The Balaban J connectivity index is 2.14. The van der Waals surface area contributed by atoms with Gasteiger partial charge >= 0.3 is 0 Å². The van der Waals surface area contributed by atoms with Gasteiger partial charge < -0.3 is 11.5 Å². The lowest BCUT2D eigenvalue weighted by atomic mass is 10.0. The van der Waals surface area contributed by atoms with E-state index >= 15 is 0 Å². The number of nitrogens with zero attached hydrogens (tertiary/aromatic N) is 2. The predicted molar refractivity (Wildman–Crippen MR) is 99.0 cm³/mol. The molecule has 0 unspecified atom stereocenters. The average Bonchev–Trinajstić information content (AvgIpc) is 2.51. The van der Waals surface area contributed by atoms with E-state index in [-0.39, 0.29) is 0 Å². The number of allylic oxidation sites excluding steroid dienone is 3. The van der Waals surface area contributed by atoms with Crippen LogP contribution in [0.15, 0.2) is 37.2 Å². The molecule has 0 amide bonds. The van der Waals surface area contributed by atoms with Gasteiger partial charge in [-0.25, -0.2) is 0 Å². The quantitative estimate of drug-likeness (QED) is 0.854. The summed E-state index contributed by atoms with van der Waals surface area (Å²) in [5.41, 5.74) is 17.8. The number of aryl methyl sites for hydroxylation is 1. The molecule has 0 aliphatic rings. The first kappa shape index (κ1) is 17.0. The van der Waals surface area contributed by atoms with E-state index in [4.69, 9.17) is 23.1 Å². The molecule has 0 aliphatic carbocycles. The summed E-state index contributed by atoms with van der Waals surface area (Å²) in [5.74, 6) is 0. The molecule has 2 heterocycles. The average molecular weight is 329 g/mol. The first-order valence-corrected chi connectivity index (χ1v) is 7.76. The lowest BCUT2D eigenvalue weighted by molar-refractivity contribution is 0.994. The van der Waals surface area contributed by atoms with Crippen molar-refractivity contribution in [3.63, 3.8) is 0 Å². The Hall–Kier alpha value is -2.33. The number of hydrogen-bond acceptors (Lipinski definition) is 4. The zero-order chi connectivity index (χ0) is 17.0. The summed E-state index contributed by atoms with van der Waals surface area (Å²) in [5, 5.41) is 0.521. The van der Waals surface area contributed by atoms with Crippen LogP contribution in [0.5, 0.6) is 0 Å². The number of hydrogen-bond donors (Lipinski definition) is 2. The van der Waals surface area contributed by atoms with Crippen LogP contribution >= 0.6 is 11.6 Å². The molecule has 2 rings (SSSR count). The number of halogens is 1. The molecule has 0 atom stereocenters. The minimum atomic E-state index is 0.510. The Labute approximate surface area is 141 Å². The van der Waals surface area contributed by atoms with E-state index in [0.29, 0.717) is 16.4 Å². The SMILES string of the molecule is C=C(C)c1nccc(CC/C=C(\C)c2nccc(Cl)c2N)c1N. The molecular weight excluding hydrogens is 308 g/mol. The third-order valence-electron chi connectivity index (χ3n) is 3.66. The monoisotopic (exact) mass is 328 g/mol. The van der Waals surface area contributed by atoms with Crippen molar-refractivity contribution in [3.05, 3.63) is 59.2 Å². The Morgan fingerprint density at radius 2 is 1.78 bits per heavy atom. The highest BCUT2D eigenvalue weighted by Crippen LogP contribution is 2.27. The van der Waals surface area contributed by atoms with Crippen LogP contribution in [0.2, 0.25) is 5.02 Å². The molecule has 5 heteroatoms. The molecule has 4 nitrogen and oxygen atoms in total. The molecular formula is C18H21ClN4. The second-order valence-corrected chi connectivity index (χ2v) is 5.90. The summed E-state index contributed by atoms with van der Waals surface area (Å²) in [4.78, 5) is 8.56. The first-order chi connectivity index (χ1) is 10.9. The normalized spacial score (nSPS) is 11.5. The van der Waals surface area contributed by atoms with Gasteiger partial charge in [-0.05, 0) is 55.5 Å². The van der Waals surface area contributed by atoms with Gasteiger partial charge in [-0.1, -0.05) is 24.3 Å². The first-order valence-electron chi connectivity index (χ1n) is 7.38. The predicted octanol–water partition coefficient (Wildman–Crippen LogP) is 4.36. The second-order valence-electron chi connectivity index (χ2n) is 5.49. The van der Waals surface area contributed by atoms with Crippen LogP contribution in [-0.4, -0.2) is 9.97 Å². The minimum Gasteiger partial charge on any atom is -0.397 e. The highest BCUT2D eigenvalue weighted by atomic mass is 35.5. The van der Waals surface area contributed by atoms with Crippen LogP contribution in [-0.2, 0) is 6.42 Å². The molecule has 0 saturated heterocycles. The summed E-state index contributed by atoms with van der Waals surface area (Å²) < 4.78 is 0. The zero-order valence-electron chi connectivity index (χ0n) is 13.4. The maximum absolute atomic E-state index is 6.16. The van der Waals surface area contributed by atoms with E-state index in [9.17, 15) is 0 Å². The van der Waals surface area contributed by atoms with Crippen LogP contribution < -0.4 is 11.5 Å². The molecule has 0 aromatic carbocycles. The van der Waals surface area contributed by atoms with Gasteiger partial charge in [0.05, 0.1) is 27.8 Å². The zero-order valence-corrected chi connectivity index (χ0v) is 14.2. The van der Waals surface area contributed by atoms with Gasteiger partial charge in [0, 0.05) is 12.4 Å². The Bertz CT molecular complexity index is 766. The third-order valence-corrected chi connectivity index (χ3v) is 3.99. The van der Waals surface area contributed by atoms with E-state index in [2.05, 4.69) is 22.6 Å². The van der Waals surface area contributed by atoms with Crippen molar-refractivity contribution in [1.29, 1.82) is 0 Å². The molecule has 0 saturated carbocycles. The molecule has 0 aliphatic heterocycles. The van der Waals surface area contributed by atoms with E-state index in [1.807, 2.05) is 19.9 Å². The van der Waals surface area contributed by atoms with Crippen molar-refractivity contribution in [2.75, 3.05) is 11.5 Å². The van der Waals surface area contributed by atoms with Crippen LogP contribution in [0.25, 0.3) is 11.1 Å². The smallest absolute Gasteiger partial charge is 0.0900 e. The number of rotatable bonds is 5. The molecule has 23 heavy (non-hydrogen) atoms. The van der Waals surface area contributed by atoms with Crippen molar-refractivity contribution in [1.82, 2.24) is 9.97 Å². The van der Waals surface area contributed by atoms with E-state index in [1.165, 1.54) is 0 Å². The van der Waals surface area contributed by atoms with Crippen LogP contribution in [0, 0.1) is 0 Å². The lowest BCUT2D eigenvalue weighted by Crippen LogP contribution is -2.01. The fourth-order valence-electron chi connectivity index (χ4n) is 2.38. The van der Waals surface area contributed by atoms with E-state index in [0.717, 1.165) is 40.9 Å². The van der Waals surface area contributed by atoms with Crippen LogP contribution in [0.3, 0.4) is 0 Å². The van der Waals surface area contributed by atoms with Crippen molar-refractivity contribution in [2.45, 2.75) is 26.7 Å². The van der Waals surface area contributed by atoms with Crippen molar-refractivity contribution in [3.8, 4) is 0 Å². The molecule has 0 radical (unpaired) electrons. The largest absolute Gasteiger partial charge is 0.397 e. The van der Waals surface area contributed by atoms with Crippen LogP contribution in [0.1, 0.15) is 37.2 Å². The van der Waals surface area contributed by atoms with Gasteiger partial charge in [-0.3, -0.25) is 9.97 Å². The summed E-state index contributed by atoms with van der Waals surface area (Å²) in [6.07, 6.45) is 7.15. The second kappa shape index (κ2) is 7.29. The van der Waals surface area contributed by atoms with Crippen molar-refractivity contribution < 1.29 is 0 Å². The van der Waals surface area contributed by atoms with Gasteiger partial charge in [0.1, 0.15) is 0 Å². The summed E-state index contributed by atoms with van der Waals surface area (Å²) in [6, 6.07) is 3.63. The molecule has 0 fully saturated rings. The molecule has 120 valence electrons. The molecule has 2 aromatic rings. The van der Waals surface area contributed by atoms with Crippen molar-refractivity contribution >= 4 is 34.1 Å². The molecule has 0 bridgehead atoms. The molecule has 4 N–H and O–H groups in total. The Morgan fingerprint density at radius 1 is 1.13 bits per heavy atom. The standard InChI is InChI=1S/C18H21ClN4/c1-11(2)17-15(20)13(7-9-22-17)6-4-5-12(3)18-16(21)14(19)8-10-23-18/h5,7-10H,1,4,6,20-21H2,2-3H3/b12-5+. The summed E-state index contributed by atoms with van der Waals surface area (Å²) >= 11 is 6.03. The van der Waals surface area contributed by atoms with E-state index in [1.54, 1.807) is 18.5 Å². The maximum atomic E-state index is 6.16. The number of nitrogen functional groups attached to an aromatic ring is 2. The fraction of sp³-hybridized carbons (Fsp3) is 0.222. The highest BCUT2D eigenvalue weighted by Gasteiger charge is 2.08. The van der Waals surface area contributed by atoms with Gasteiger partial charge in [-0.2, -0.15) is 0 Å². The van der Waals surface area contributed by atoms with Gasteiger partial charge in [0.2, 0.25) is 0 Å². The summed E-state index contributed by atoms with van der Waals surface area (Å²) in [7, 11) is 0.